The number of nitrogens with zero attached hydrogens (tertiary/aromatic N) is 1. The molecular formula is C21H24N2O3S. The second-order valence-electron chi connectivity index (χ2n) is 6.88. The van der Waals surface area contributed by atoms with E-state index in [0.29, 0.717) is 5.69 Å². The van der Waals surface area contributed by atoms with Crippen LogP contribution in [0.15, 0.2) is 54.6 Å². The maximum Gasteiger partial charge on any atom is 0.247 e. The van der Waals surface area contributed by atoms with E-state index in [1.54, 1.807) is 36.4 Å². The van der Waals surface area contributed by atoms with Crippen LogP contribution in [0.25, 0.3) is 6.08 Å². The van der Waals surface area contributed by atoms with Crippen LogP contribution >= 0.6 is 0 Å². The molecule has 142 valence electrons. The molecule has 1 saturated heterocycles. The third-order valence-corrected chi connectivity index (χ3v) is 5.32. The molecule has 0 aliphatic carbocycles. The van der Waals surface area contributed by atoms with Crippen molar-refractivity contribution < 1.29 is 13.2 Å². The quantitative estimate of drug-likeness (QED) is 0.799. The summed E-state index contributed by atoms with van der Waals surface area (Å²) in [4.78, 5) is 14.6. The maximum absolute atomic E-state index is 12.7. The summed E-state index contributed by atoms with van der Waals surface area (Å²) in [6.07, 6.45) is 6.45. The molecule has 0 spiro atoms. The average Bonchev–Trinajstić information content (AvgIpc) is 3.09. The summed E-state index contributed by atoms with van der Waals surface area (Å²) < 4.78 is 24.9. The van der Waals surface area contributed by atoms with Crippen molar-refractivity contribution in [1.29, 1.82) is 0 Å². The molecule has 0 radical (unpaired) electrons. The first kappa shape index (κ1) is 19.2. The van der Waals surface area contributed by atoms with Crippen molar-refractivity contribution in [3.05, 3.63) is 71.3 Å². The number of rotatable bonds is 5. The fourth-order valence-corrected chi connectivity index (χ4v) is 4.02. The Bertz CT molecular complexity index is 950. The number of benzene rings is 2. The SMILES string of the molecule is Cc1ccccc1C1CCCN1C(=O)/C=C/c1ccc(NS(C)(=O)=O)cc1. The van der Waals surface area contributed by atoms with Gasteiger partial charge < -0.3 is 4.90 Å². The fraction of sp³-hybridized carbons (Fsp3) is 0.286. The van der Waals surface area contributed by atoms with E-state index in [-0.39, 0.29) is 11.9 Å². The van der Waals surface area contributed by atoms with Gasteiger partial charge in [0.15, 0.2) is 0 Å². The van der Waals surface area contributed by atoms with Gasteiger partial charge in [-0.25, -0.2) is 8.42 Å². The van der Waals surface area contributed by atoms with Gasteiger partial charge in [-0.15, -0.1) is 0 Å². The topological polar surface area (TPSA) is 66.5 Å². The largest absolute Gasteiger partial charge is 0.332 e. The van der Waals surface area contributed by atoms with Gasteiger partial charge in [0.05, 0.1) is 12.3 Å². The number of anilines is 1. The summed E-state index contributed by atoms with van der Waals surface area (Å²) in [5.41, 5.74) is 3.77. The number of carbonyl (C=O) groups excluding carboxylic acids is 1. The van der Waals surface area contributed by atoms with Crippen LogP contribution in [0.3, 0.4) is 0 Å². The lowest BCUT2D eigenvalue weighted by Gasteiger charge is -2.25. The summed E-state index contributed by atoms with van der Waals surface area (Å²) in [5.74, 6) is -0.000842. The summed E-state index contributed by atoms with van der Waals surface area (Å²) in [6, 6.07) is 15.3. The summed E-state index contributed by atoms with van der Waals surface area (Å²) in [5, 5.41) is 0. The van der Waals surface area contributed by atoms with Crippen LogP contribution in [0.1, 0.15) is 35.6 Å². The number of sulfonamides is 1. The lowest BCUT2D eigenvalue weighted by Crippen LogP contribution is -2.29. The van der Waals surface area contributed by atoms with Crippen molar-refractivity contribution in [1.82, 2.24) is 4.90 Å². The van der Waals surface area contributed by atoms with Gasteiger partial charge in [-0.3, -0.25) is 9.52 Å². The zero-order valence-electron chi connectivity index (χ0n) is 15.6. The van der Waals surface area contributed by atoms with Crippen LogP contribution in [-0.4, -0.2) is 32.0 Å². The number of nitrogens with one attached hydrogen (secondary N) is 1. The molecule has 1 atom stereocenters. The highest BCUT2D eigenvalue weighted by Gasteiger charge is 2.29. The van der Waals surface area contributed by atoms with Crippen molar-refractivity contribution >= 4 is 27.7 Å². The molecule has 2 aromatic rings. The predicted octanol–water partition coefficient (Wildman–Crippen LogP) is 3.74. The molecule has 5 nitrogen and oxygen atoms in total. The highest BCUT2D eigenvalue weighted by Crippen LogP contribution is 2.33. The maximum atomic E-state index is 12.7. The van der Waals surface area contributed by atoms with Crippen LogP contribution in [0, 0.1) is 6.92 Å². The van der Waals surface area contributed by atoms with Gasteiger partial charge in [0.1, 0.15) is 0 Å². The number of aryl methyl sites for hydroxylation is 1. The fourth-order valence-electron chi connectivity index (χ4n) is 3.45. The first-order valence-corrected chi connectivity index (χ1v) is 10.8. The summed E-state index contributed by atoms with van der Waals surface area (Å²) in [7, 11) is -3.29. The van der Waals surface area contributed by atoms with E-state index in [1.807, 2.05) is 17.0 Å². The summed E-state index contributed by atoms with van der Waals surface area (Å²) in [6.45, 7) is 2.84. The predicted molar refractivity (Wildman–Crippen MR) is 109 cm³/mol. The molecule has 1 amide bonds. The molecule has 1 N–H and O–H groups in total. The van der Waals surface area contributed by atoms with Gasteiger partial charge in [0.2, 0.25) is 15.9 Å². The minimum Gasteiger partial charge on any atom is -0.332 e. The molecular weight excluding hydrogens is 360 g/mol. The van der Waals surface area contributed by atoms with Gasteiger partial charge in [0.25, 0.3) is 0 Å². The Balaban J connectivity index is 1.70. The number of amides is 1. The molecule has 3 rings (SSSR count). The molecule has 0 aromatic heterocycles. The van der Waals surface area contributed by atoms with Crippen molar-refractivity contribution in [3.8, 4) is 0 Å². The van der Waals surface area contributed by atoms with E-state index in [2.05, 4.69) is 23.8 Å². The Hall–Kier alpha value is -2.60. The van der Waals surface area contributed by atoms with Crippen LogP contribution in [0.5, 0.6) is 0 Å². The first-order valence-electron chi connectivity index (χ1n) is 8.95. The van der Waals surface area contributed by atoms with E-state index < -0.39 is 10.0 Å². The molecule has 1 fully saturated rings. The lowest BCUT2D eigenvalue weighted by atomic mass is 9.99. The Morgan fingerprint density at radius 1 is 1.15 bits per heavy atom. The smallest absolute Gasteiger partial charge is 0.247 e. The molecule has 1 heterocycles. The van der Waals surface area contributed by atoms with Gasteiger partial charge in [0, 0.05) is 18.3 Å². The van der Waals surface area contributed by atoms with Gasteiger partial charge >= 0.3 is 0 Å². The summed E-state index contributed by atoms with van der Waals surface area (Å²) >= 11 is 0. The van der Waals surface area contributed by atoms with E-state index in [4.69, 9.17) is 0 Å². The van der Waals surface area contributed by atoms with E-state index in [1.165, 1.54) is 11.1 Å². The Kier molecular flexibility index (Phi) is 5.65. The standard InChI is InChI=1S/C21H24N2O3S/c1-16-6-3-4-7-19(16)20-8-5-15-23(20)21(24)14-11-17-9-12-18(13-10-17)22-27(2,25)26/h3-4,6-7,9-14,20,22H,5,8,15H2,1-2H3/b14-11+. The number of hydrogen-bond acceptors (Lipinski definition) is 3. The monoisotopic (exact) mass is 384 g/mol. The van der Waals surface area contributed by atoms with Crippen LogP contribution in [0.4, 0.5) is 5.69 Å². The first-order chi connectivity index (χ1) is 12.8. The molecule has 1 aliphatic heterocycles. The number of hydrogen-bond donors (Lipinski definition) is 1. The number of carbonyl (C=O) groups is 1. The molecule has 1 unspecified atom stereocenters. The van der Waals surface area contributed by atoms with Gasteiger partial charge in [-0.05, 0) is 54.7 Å². The number of likely N-dealkylation sites (tertiary alicyclic amines) is 1. The highest BCUT2D eigenvalue weighted by atomic mass is 32.2. The van der Waals surface area contributed by atoms with Crippen LogP contribution in [0.2, 0.25) is 0 Å². The molecule has 27 heavy (non-hydrogen) atoms. The zero-order valence-corrected chi connectivity index (χ0v) is 16.4. The highest BCUT2D eigenvalue weighted by molar-refractivity contribution is 7.92. The third-order valence-electron chi connectivity index (χ3n) is 4.72. The van der Waals surface area contributed by atoms with Crippen LogP contribution in [-0.2, 0) is 14.8 Å². The molecule has 6 heteroatoms. The third kappa shape index (κ3) is 4.98. The second kappa shape index (κ2) is 7.96. The molecule has 0 saturated carbocycles. The van der Waals surface area contributed by atoms with Crippen molar-refractivity contribution in [2.75, 3.05) is 17.5 Å². The second-order valence-corrected chi connectivity index (χ2v) is 8.62. The Morgan fingerprint density at radius 2 is 1.85 bits per heavy atom. The zero-order chi connectivity index (χ0) is 19.4. The molecule has 0 bridgehead atoms. The van der Waals surface area contributed by atoms with Crippen molar-refractivity contribution in [3.63, 3.8) is 0 Å². The molecule has 1 aliphatic rings. The average molecular weight is 385 g/mol. The van der Waals surface area contributed by atoms with Crippen LogP contribution < -0.4 is 4.72 Å². The minimum atomic E-state index is -3.29. The van der Waals surface area contributed by atoms with Crippen molar-refractivity contribution in [2.24, 2.45) is 0 Å². The minimum absolute atomic E-state index is 0.000842. The van der Waals surface area contributed by atoms with Crippen molar-refractivity contribution in [2.45, 2.75) is 25.8 Å². The Morgan fingerprint density at radius 3 is 2.52 bits per heavy atom. The normalized spacial score (nSPS) is 17.4. The Labute approximate surface area is 160 Å². The van der Waals surface area contributed by atoms with E-state index in [0.717, 1.165) is 31.2 Å². The van der Waals surface area contributed by atoms with E-state index >= 15 is 0 Å². The van der Waals surface area contributed by atoms with Gasteiger partial charge in [-0.1, -0.05) is 36.4 Å². The van der Waals surface area contributed by atoms with E-state index in [9.17, 15) is 13.2 Å². The van der Waals surface area contributed by atoms with Gasteiger partial charge in [-0.2, -0.15) is 0 Å². The molecule has 2 aromatic carbocycles. The lowest BCUT2D eigenvalue weighted by molar-refractivity contribution is -0.126.